The van der Waals surface area contributed by atoms with Crippen LogP contribution in [0.25, 0.3) is 0 Å². The van der Waals surface area contributed by atoms with Gasteiger partial charge in [0.1, 0.15) is 4.88 Å². The molecular weight excluding hydrogens is 340 g/mol. The zero-order valence-electron chi connectivity index (χ0n) is 14.4. The van der Waals surface area contributed by atoms with Crippen LogP contribution < -0.4 is 10.6 Å². The molecular formula is C18H24N2O4S. The van der Waals surface area contributed by atoms with Crippen LogP contribution in [-0.4, -0.2) is 30.6 Å². The molecule has 7 heteroatoms. The van der Waals surface area contributed by atoms with Gasteiger partial charge in [0, 0.05) is 10.9 Å². The quantitative estimate of drug-likeness (QED) is 0.805. The van der Waals surface area contributed by atoms with Crippen LogP contribution in [0.2, 0.25) is 0 Å². The Bertz CT molecular complexity index is 649. The molecule has 1 saturated carbocycles. The minimum Gasteiger partial charge on any atom is -0.451 e. The van der Waals surface area contributed by atoms with Gasteiger partial charge in [-0.2, -0.15) is 0 Å². The number of nitrogens with one attached hydrogen (secondary N) is 2. The third kappa shape index (κ3) is 4.60. The number of imide groups is 1. The van der Waals surface area contributed by atoms with Gasteiger partial charge >= 0.3 is 12.0 Å². The molecule has 0 aliphatic heterocycles. The number of aryl methyl sites for hydroxylation is 2. The second-order valence-electron chi connectivity index (χ2n) is 6.88. The highest BCUT2D eigenvalue weighted by Gasteiger charge is 2.24. The van der Waals surface area contributed by atoms with E-state index in [-0.39, 0.29) is 6.04 Å². The average Bonchev–Trinajstić information content (AvgIpc) is 3.16. The lowest BCUT2D eigenvalue weighted by Crippen LogP contribution is -2.48. The molecule has 0 bridgehead atoms. The Kier molecular flexibility index (Phi) is 5.73. The molecule has 2 N–H and O–H groups in total. The van der Waals surface area contributed by atoms with Crippen molar-refractivity contribution in [3.63, 3.8) is 0 Å². The van der Waals surface area contributed by atoms with Crippen LogP contribution in [0.3, 0.4) is 0 Å². The lowest BCUT2D eigenvalue weighted by atomic mass is 9.86. The highest BCUT2D eigenvalue weighted by Crippen LogP contribution is 2.30. The first-order valence-corrected chi connectivity index (χ1v) is 9.73. The van der Waals surface area contributed by atoms with Crippen LogP contribution in [0.5, 0.6) is 0 Å². The standard InChI is InChI=1S/C18H24N2O4S/c1-11-5-2-3-7-13(11)19-18(23)20-16(21)10-24-17(22)15-9-12-6-4-8-14(12)25-15/h9,11,13H,2-8,10H2,1H3,(H2,19,20,21,23)/t11-,13-/m1/s1. The smallest absolute Gasteiger partial charge is 0.348 e. The van der Waals surface area contributed by atoms with Crippen molar-refractivity contribution in [2.75, 3.05) is 6.61 Å². The molecule has 1 aromatic rings. The Morgan fingerprint density at radius 3 is 2.76 bits per heavy atom. The average molecular weight is 364 g/mol. The van der Waals surface area contributed by atoms with Crippen molar-refractivity contribution in [1.82, 2.24) is 10.6 Å². The van der Waals surface area contributed by atoms with Crippen molar-refractivity contribution in [2.45, 2.75) is 57.9 Å². The van der Waals surface area contributed by atoms with E-state index in [9.17, 15) is 14.4 Å². The van der Waals surface area contributed by atoms with Crippen molar-refractivity contribution in [1.29, 1.82) is 0 Å². The third-order valence-corrected chi connectivity index (χ3v) is 6.18. The summed E-state index contributed by atoms with van der Waals surface area (Å²) in [5.74, 6) is -0.706. The van der Waals surface area contributed by atoms with Gasteiger partial charge in [-0.05, 0) is 49.7 Å². The first kappa shape index (κ1) is 17.9. The lowest BCUT2D eigenvalue weighted by Gasteiger charge is -2.29. The molecule has 1 fully saturated rings. The monoisotopic (exact) mass is 364 g/mol. The zero-order valence-corrected chi connectivity index (χ0v) is 15.2. The molecule has 2 aliphatic rings. The van der Waals surface area contributed by atoms with Gasteiger partial charge in [0.2, 0.25) is 0 Å². The Balaban J connectivity index is 1.41. The normalized spacial score (nSPS) is 22.1. The molecule has 1 heterocycles. The van der Waals surface area contributed by atoms with Crippen LogP contribution in [0.4, 0.5) is 4.79 Å². The topological polar surface area (TPSA) is 84.5 Å². The SMILES string of the molecule is C[C@@H]1CCCC[C@H]1NC(=O)NC(=O)COC(=O)c1cc2c(s1)CCC2. The van der Waals surface area contributed by atoms with Gasteiger partial charge in [0.05, 0.1) is 0 Å². The lowest BCUT2D eigenvalue weighted by molar-refractivity contribution is -0.123. The summed E-state index contributed by atoms with van der Waals surface area (Å²) in [6, 6.07) is 1.43. The highest BCUT2D eigenvalue weighted by molar-refractivity contribution is 7.14. The zero-order chi connectivity index (χ0) is 17.8. The van der Waals surface area contributed by atoms with Gasteiger partial charge in [-0.1, -0.05) is 19.8 Å². The largest absolute Gasteiger partial charge is 0.451 e. The molecule has 0 spiro atoms. The third-order valence-electron chi connectivity index (χ3n) is 4.96. The van der Waals surface area contributed by atoms with E-state index in [1.54, 1.807) is 0 Å². The molecule has 3 amide bonds. The maximum atomic E-state index is 12.0. The van der Waals surface area contributed by atoms with Crippen molar-refractivity contribution in [2.24, 2.45) is 5.92 Å². The summed E-state index contributed by atoms with van der Waals surface area (Å²) in [5, 5.41) is 5.07. The number of esters is 1. The van der Waals surface area contributed by atoms with Crippen LogP contribution >= 0.6 is 11.3 Å². The van der Waals surface area contributed by atoms with E-state index in [0.29, 0.717) is 10.8 Å². The second-order valence-corrected chi connectivity index (χ2v) is 8.02. The Morgan fingerprint density at radius 1 is 1.20 bits per heavy atom. The Morgan fingerprint density at radius 2 is 2.00 bits per heavy atom. The number of carbonyl (C=O) groups excluding carboxylic acids is 3. The van der Waals surface area contributed by atoms with E-state index in [2.05, 4.69) is 17.6 Å². The molecule has 1 aromatic heterocycles. The van der Waals surface area contributed by atoms with Gasteiger partial charge < -0.3 is 10.1 Å². The van der Waals surface area contributed by atoms with E-state index in [1.807, 2.05) is 6.07 Å². The fourth-order valence-electron chi connectivity index (χ4n) is 3.53. The van der Waals surface area contributed by atoms with Crippen molar-refractivity contribution in [3.05, 3.63) is 21.4 Å². The first-order valence-electron chi connectivity index (χ1n) is 8.92. The van der Waals surface area contributed by atoms with Crippen LogP contribution in [-0.2, 0) is 22.4 Å². The number of urea groups is 1. The van der Waals surface area contributed by atoms with Gasteiger partial charge in [0.25, 0.3) is 5.91 Å². The molecule has 6 nitrogen and oxygen atoms in total. The molecule has 136 valence electrons. The predicted octanol–water partition coefficient (Wildman–Crippen LogP) is 2.80. The molecule has 0 aromatic carbocycles. The maximum Gasteiger partial charge on any atom is 0.348 e. The van der Waals surface area contributed by atoms with Crippen LogP contribution in [0, 0.1) is 5.92 Å². The summed E-state index contributed by atoms with van der Waals surface area (Å²) in [6.45, 7) is 1.65. The van der Waals surface area contributed by atoms with E-state index >= 15 is 0 Å². The summed E-state index contributed by atoms with van der Waals surface area (Å²) >= 11 is 1.43. The van der Waals surface area contributed by atoms with Gasteiger partial charge in [-0.25, -0.2) is 9.59 Å². The van der Waals surface area contributed by atoms with E-state index in [0.717, 1.165) is 38.5 Å². The minimum absolute atomic E-state index is 0.0950. The number of thiophene rings is 1. The molecule has 0 saturated heterocycles. The van der Waals surface area contributed by atoms with Crippen molar-refractivity contribution in [3.8, 4) is 0 Å². The van der Waals surface area contributed by atoms with Gasteiger partial charge in [0.15, 0.2) is 6.61 Å². The Hall–Kier alpha value is -1.89. The van der Waals surface area contributed by atoms with Crippen LogP contribution in [0.15, 0.2) is 6.07 Å². The van der Waals surface area contributed by atoms with E-state index < -0.39 is 24.5 Å². The summed E-state index contributed by atoms with van der Waals surface area (Å²) < 4.78 is 5.02. The minimum atomic E-state index is -0.613. The molecule has 0 radical (unpaired) electrons. The summed E-state index contributed by atoms with van der Waals surface area (Å²) in [5.41, 5.74) is 1.21. The van der Waals surface area contributed by atoms with E-state index in [4.69, 9.17) is 4.74 Å². The van der Waals surface area contributed by atoms with Crippen LogP contribution in [0.1, 0.15) is 59.1 Å². The fourth-order valence-corrected chi connectivity index (χ4v) is 4.68. The van der Waals surface area contributed by atoms with Crippen molar-refractivity contribution < 1.29 is 19.1 Å². The highest BCUT2D eigenvalue weighted by atomic mass is 32.1. The number of carbonyl (C=O) groups is 3. The number of hydrogen-bond donors (Lipinski definition) is 2. The summed E-state index contributed by atoms with van der Waals surface area (Å²) in [7, 11) is 0. The predicted molar refractivity (Wildman–Crippen MR) is 94.7 cm³/mol. The number of rotatable bonds is 4. The van der Waals surface area contributed by atoms with Crippen molar-refractivity contribution >= 4 is 29.2 Å². The summed E-state index contributed by atoms with van der Waals surface area (Å²) in [6.07, 6.45) is 7.43. The molecule has 2 aliphatic carbocycles. The number of amides is 3. The van der Waals surface area contributed by atoms with Gasteiger partial charge in [-0.3, -0.25) is 10.1 Å². The number of hydrogen-bond acceptors (Lipinski definition) is 5. The Labute approximate surface area is 151 Å². The molecule has 2 atom stereocenters. The van der Waals surface area contributed by atoms with Gasteiger partial charge in [-0.15, -0.1) is 11.3 Å². The second kappa shape index (κ2) is 7.99. The molecule has 25 heavy (non-hydrogen) atoms. The fraction of sp³-hybridized carbons (Fsp3) is 0.611. The summed E-state index contributed by atoms with van der Waals surface area (Å²) in [4.78, 5) is 37.5. The number of fused-ring (bicyclic) bond motifs is 1. The number of ether oxygens (including phenoxy) is 1. The molecule has 3 rings (SSSR count). The maximum absolute atomic E-state index is 12.0. The molecule has 0 unspecified atom stereocenters. The van der Waals surface area contributed by atoms with E-state index in [1.165, 1.54) is 28.2 Å². The first-order chi connectivity index (χ1) is 12.0.